The number of carbonyl (C=O) groups is 1. The highest BCUT2D eigenvalue weighted by Crippen LogP contribution is 2.43. The number of carbonyl (C=O) groups excluding carboxylic acids is 1. The minimum atomic E-state index is -0.132. The van der Waals surface area contributed by atoms with Gasteiger partial charge in [-0.3, -0.25) is 9.78 Å². The standard InChI is InChI=1S/C31H33N5OS/c1-20-13-15-24(16-14-20)33-27(37)17-19-35-30(29(34-31(35)38)26-12-8-9-18-32-26)28-21(2)22(3)36(23(28)4)25-10-6-5-7-11-25/h5-16,18,29-30H,17,19H2,1-4H3,(H,33,37)(H,34,38)/t29-,30-/m1/s1. The fraction of sp³-hybridized carbons (Fsp3) is 0.258. The Morgan fingerprint density at radius 2 is 1.66 bits per heavy atom. The average Bonchev–Trinajstić information content (AvgIpc) is 3.36. The summed E-state index contributed by atoms with van der Waals surface area (Å²) in [6.07, 6.45) is 2.13. The van der Waals surface area contributed by atoms with Crippen LogP contribution in [0.2, 0.25) is 0 Å². The van der Waals surface area contributed by atoms with Crippen LogP contribution in [0.15, 0.2) is 79.0 Å². The number of para-hydroxylation sites is 1. The zero-order valence-corrected chi connectivity index (χ0v) is 23.0. The first-order valence-corrected chi connectivity index (χ1v) is 13.3. The van der Waals surface area contributed by atoms with Crippen LogP contribution in [0.4, 0.5) is 5.69 Å². The summed E-state index contributed by atoms with van der Waals surface area (Å²) < 4.78 is 2.31. The van der Waals surface area contributed by atoms with Gasteiger partial charge in [0, 0.05) is 47.5 Å². The van der Waals surface area contributed by atoms with Crippen molar-refractivity contribution in [3.63, 3.8) is 0 Å². The molecule has 3 heterocycles. The molecule has 2 N–H and O–H groups in total. The van der Waals surface area contributed by atoms with E-state index in [4.69, 9.17) is 12.2 Å². The maximum atomic E-state index is 12.9. The Balaban J connectivity index is 1.49. The van der Waals surface area contributed by atoms with Crippen molar-refractivity contribution in [2.75, 3.05) is 11.9 Å². The van der Waals surface area contributed by atoms with E-state index in [1.165, 1.54) is 16.8 Å². The van der Waals surface area contributed by atoms with Gasteiger partial charge in [-0.1, -0.05) is 42.0 Å². The van der Waals surface area contributed by atoms with Gasteiger partial charge >= 0.3 is 0 Å². The molecular weight excluding hydrogens is 490 g/mol. The van der Waals surface area contributed by atoms with Crippen LogP contribution in [0.3, 0.4) is 0 Å². The molecule has 1 fully saturated rings. The van der Waals surface area contributed by atoms with Crippen molar-refractivity contribution in [3.05, 3.63) is 113 Å². The van der Waals surface area contributed by atoms with Crippen molar-refractivity contribution in [1.82, 2.24) is 19.8 Å². The van der Waals surface area contributed by atoms with Gasteiger partial charge in [-0.25, -0.2) is 0 Å². The summed E-state index contributed by atoms with van der Waals surface area (Å²) in [7, 11) is 0. The number of nitrogens with zero attached hydrogens (tertiary/aromatic N) is 3. The van der Waals surface area contributed by atoms with Gasteiger partial charge in [-0.15, -0.1) is 0 Å². The van der Waals surface area contributed by atoms with Crippen LogP contribution < -0.4 is 10.6 Å². The molecule has 0 bridgehead atoms. The minimum absolute atomic E-state index is 0.0387. The Morgan fingerprint density at radius 3 is 2.34 bits per heavy atom. The topological polar surface area (TPSA) is 62.2 Å². The van der Waals surface area contributed by atoms with Gasteiger partial charge in [0.1, 0.15) is 0 Å². The zero-order valence-electron chi connectivity index (χ0n) is 22.2. The molecule has 1 saturated heterocycles. The number of thiocarbonyl (C=S) groups is 1. The molecule has 0 spiro atoms. The highest BCUT2D eigenvalue weighted by molar-refractivity contribution is 7.80. The maximum Gasteiger partial charge on any atom is 0.226 e. The van der Waals surface area contributed by atoms with E-state index >= 15 is 0 Å². The molecular formula is C31H33N5OS. The Labute approximate surface area is 229 Å². The number of amides is 1. The molecule has 0 unspecified atom stereocenters. The van der Waals surface area contributed by atoms with E-state index in [1.807, 2.05) is 61.7 Å². The molecule has 2 aromatic heterocycles. The van der Waals surface area contributed by atoms with E-state index in [9.17, 15) is 4.79 Å². The Hall–Kier alpha value is -3.97. The van der Waals surface area contributed by atoms with Crippen molar-refractivity contribution >= 4 is 28.9 Å². The van der Waals surface area contributed by atoms with Crippen LogP contribution in [0.25, 0.3) is 5.69 Å². The number of hydrogen-bond acceptors (Lipinski definition) is 3. The first-order valence-electron chi connectivity index (χ1n) is 12.9. The van der Waals surface area contributed by atoms with Crippen molar-refractivity contribution < 1.29 is 4.79 Å². The number of nitrogens with one attached hydrogen (secondary N) is 2. The third-order valence-corrected chi connectivity index (χ3v) is 7.78. The molecule has 1 amide bonds. The van der Waals surface area contributed by atoms with E-state index in [2.05, 4.69) is 70.1 Å². The molecule has 4 aromatic rings. The van der Waals surface area contributed by atoms with Crippen LogP contribution in [-0.4, -0.2) is 32.0 Å². The Kier molecular flexibility index (Phi) is 7.29. The number of anilines is 1. The van der Waals surface area contributed by atoms with Crippen LogP contribution in [0.1, 0.15) is 52.3 Å². The SMILES string of the molecule is Cc1ccc(NC(=O)CCN2C(=S)N[C@H](c3ccccn3)[C@H]2c2c(C)c(C)n(-c3ccccc3)c2C)cc1. The second kappa shape index (κ2) is 10.8. The Bertz CT molecular complexity index is 1450. The van der Waals surface area contributed by atoms with Crippen molar-refractivity contribution in [1.29, 1.82) is 0 Å². The molecule has 2 aromatic carbocycles. The van der Waals surface area contributed by atoms with E-state index in [0.717, 1.165) is 28.3 Å². The van der Waals surface area contributed by atoms with Crippen LogP contribution in [0, 0.1) is 27.7 Å². The summed E-state index contributed by atoms with van der Waals surface area (Å²) in [6.45, 7) is 9.03. The fourth-order valence-corrected chi connectivity index (χ4v) is 5.78. The van der Waals surface area contributed by atoms with E-state index in [-0.39, 0.29) is 18.0 Å². The second-order valence-electron chi connectivity index (χ2n) is 9.86. The summed E-state index contributed by atoms with van der Waals surface area (Å²) in [4.78, 5) is 19.8. The molecule has 1 aliphatic heterocycles. The first-order chi connectivity index (χ1) is 18.3. The van der Waals surface area contributed by atoms with Crippen molar-refractivity contribution in [2.45, 2.75) is 46.2 Å². The number of aromatic nitrogens is 2. The lowest BCUT2D eigenvalue weighted by Gasteiger charge is -2.29. The van der Waals surface area contributed by atoms with Crippen molar-refractivity contribution in [2.24, 2.45) is 0 Å². The number of hydrogen-bond donors (Lipinski definition) is 2. The van der Waals surface area contributed by atoms with Gasteiger partial charge in [-0.2, -0.15) is 0 Å². The third-order valence-electron chi connectivity index (χ3n) is 7.43. The van der Waals surface area contributed by atoms with Gasteiger partial charge in [-0.05, 0) is 81.9 Å². The minimum Gasteiger partial charge on any atom is -0.352 e. The number of benzene rings is 2. The monoisotopic (exact) mass is 523 g/mol. The second-order valence-corrected chi connectivity index (χ2v) is 10.3. The summed E-state index contributed by atoms with van der Waals surface area (Å²) in [5, 5.41) is 7.18. The summed E-state index contributed by atoms with van der Waals surface area (Å²) in [5.74, 6) is -0.0387. The lowest BCUT2D eigenvalue weighted by atomic mass is 9.93. The predicted octanol–water partition coefficient (Wildman–Crippen LogP) is 6.11. The quantitative estimate of drug-likeness (QED) is 0.286. The molecule has 1 aliphatic rings. The normalized spacial score (nSPS) is 16.9. The third kappa shape index (κ3) is 4.94. The van der Waals surface area contributed by atoms with E-state index < -0.39 is 0 Å². The summed E-state index contributed by atoms with van der Waals surface area (Å²) >= 11 is 5.86. The van der Waals surface area contributed by atoms with Gasteiger partial charge in [0.15, 0.2) is 5.11 Å². The molecule has 38 heavy (non-hydrogen) atoms. The lowest BCUT2D eigenvalue weighted by Crippen LogP contribution is -2.33. The average molecular weight is 524 g/mol. The Morgan fingerprint density at radius 1 is 0.947 bits per heavy atom. The highest BCUT2D eigenvalue weighted by Gasteiger charge is 2.42. The number of aryl methyl sites for hydroxylation is 1. The zero-order chi connectivity index (χ0) is 26.8. The molecule has 0 radical (unpaired) electrons. The molecule has 0 saturated carbocycles. The van der Waals surface area contributed by atoms with E-state index in [1.54, 1.807) is 0 Å². The van der Waals surface area contributed by atoms with Gasteiger partial charge in [0.05, 0.1) is 17.8 Å². The number of pyridine rings is 1. The molecule has 194 valence electrons. The largest absolute Gasteiger partial charge is 0.352 e. The lowest BCUT2D eigenvalue weighted by molar-refractivity contribution is -0.116. The first kappa shape index (κ1) is 25.7. The van der Waals surface area contributed by atoms with Crippen LogP contribution >= 0.6 is 12.2 Å². The molecule has 2 atom stereocenters. The summed E-state index contributed by atoms with van der Waals surface area (Å²) in [5.41, 5.74) is 8.80. The summed E-state index contributed by atoms with van der Waals surface area (Å²) in [6, 6.07) is 24.0. The molecule has 7 heteroatoms. The maximum absolute atomic E-state index is 12.9. The van der Waals surface area contributed by atoms with E-state index in [0.29, 0.717) is 18.1 Å². The van der Waals surface area contributed by atoms with Gasteiger partial charge in [0.2, 0.25) is 5.91 Å². The smallest absolute Gasteiger partial charge is 0.226 e. The highest BCUT2D eigenvalue weighted by atomic mass is 32.1. The predicted molar refractivity (Wildman–Crippen MR) is 157 cm³/mol. The van der Waals surface area contributed by atoms with Gasteiger partial charge < -0.3 is 20.1 Å². The van der Waals surface area contributed by atoms with Crippen molar-refractivity contribution in [3.8, 4) is 5.69 Å². The van der Waals surface area contributed by atoms with Gasteiger partial charge in [0.25, 0.3) is 0 Å². The molecule has 0 aliphatic carbocycles. The fourth-order valence-electron chi connectivity index (χ4n) is 5.45. The molecule has 6 nitrogen and oxygen atoms in total. The van der Waals surface area contributed by atoms with Crippen LogP contribution in [-0.2, 0) is 4.79 Å². The number of rotatable bonds is 7. The van der Waals surface area contributed by atoms with Crippen LogP contribution in [0.5, 0.6) is 0 Å². The molecule has 5 rings (SSSR count).